The van der Waals surface area contributed by atoms with Gasteiger partial charge in [-0.2, -0.15) is 0 Å². The second kappa shape index (κ2) is 4.83. The molecule has 16 heavy (non-hydrogen) atoms. The van der Waals surface area contributed by atoms with E-state index < -0.39 is 0 Å². The summed E-state index contributed by atoms with van der Waals surface area (Å²) in [5.74, 6) is 1.06. The van der Waals surface area contributed by atoms with E-state index in [1.165, 1.54) is 5.39 Å². The van der Waals surface area contributed by atoms with Crippen LogP contribution < -0.4 is 4.90 Å². The Morgan fingerprint density at radius 3 is 2.56 bits per heavy atom. The Bertz CT molecular complexity index is 492. The molecule has 1 heterocycles. The van der Waals surface area contributed by atoms with Gasteiger partial charge in [-0.05, 0) is 44.2 Å². The standard InChI is InChI=1S/C13H15BrN2/c1-3-16(4-2)13-8-5-10-9-11(14)6-7-12(10)15-13/h5-9H,3-4H2,1-2H3. The van der Waals surface area contributed by atoms with Crippen molar-refractivity contribution in [1.82, 2.24) is 4.98 Å². The zero-order valence-electron chi connectivity index (χ0n) is 9.57. The summed E-state index contributed by atoms with van der Waals surface area (Å²) < 4.78 is 1.09. The maximum absolute atomic E-state index is 4.66. The number of pyridine rings is 1. The first kappa shape index (κ1) is 11.4. The molecule has 0 bridgehead atoms. The molecule has 84 valence electrons. The molecule has 0 aliphatic heterocycles. The van der Waals surface area contributed by atoms with Crippen LogP contribution in [0.5, 0.6) is 0 Å². The Morgan fingerprint density at radius 2 is 1.88 bits per heavy atom. The summed E-state index contributed by atoms with van der Waals surface area (Å²) in [7, 11) is 0. The molecule has 0 saturated carbocycles. The highest BCUT2D eigenvalue weighted by Crippen LogP contribution is 2.21. The number of fused-ring (bicyclic) bond motifs is 1. The maximum atomic E-state index is 4.66. The van der Waals surface area contributed by atoms with Crippen LogP contribution in [-0.2, 0) is 0 Å². The summed E-state index contributed by atoms with van der Waals surface area (Å²) in [4.78, 5) is 6.91. The van der Waals surface area contributed by atoms with Crippen LogP contribution in [0.4, 0.5) is 5.82 Å². The summed E-state index contributed by atoms with van der Waals surface area (Å²) in [6.45, 7) is 6.28. The zero-order chi connectivity index (χ0) is 11.5. The van der Waals surface area contributed by atoms with Gasteiger partial charge in [0.15, 0.2) is 0 Å². The number of anilines is 1. The third-order valence-corrected chi connectivity index (χ3v) is 3.22. The van der Waals surface area contributed by atoms with Crippen molar-refractivity contribution in [2.75, 3.05) is 18.0 Å². The molecule has 0 saturated heterocycles. The van der Waals surface area contributed by atoms with Crippen LogP contribution in [0.25, 0.3) is 10.9 Å². The lowest BCUT2D eigenvalue weighted by Crippen LogP contribution is -2.22. The van der Waals surface area contributed by atoms with Crippen molar-refractivity contribution in [1.29, 1.82) is 0 Å². The highest BCUT2D eigenvalue weighted by Gasteiger charge is 2.04. The Balaban J connectivity index is 2.47. The minimum absolute atomic E-state index is 0.992. The molecule has 0 spiro atoms. The molecule has 1 aromatic heterocycles. The normalized spacial score (nSPS) is 10.7. The second-order valence-electron chi connectivity index (χ2n) is 3.68. The topological polar surface area (TPSA) is 16.1 Å². The summed E-state index contributed by atoms with van der Waals surface area (Å²) in [6, 6.07) is 10.4. The molecule has 3 heteroatoms. The Hall–Kier alpha value is -1.09. The van der Waals surface area contributed by atoms with Crippen molar-refractivity contribution in [3.63, 3.8) is 0 Å². The number of benzene rings is 1. The van der Waals surface area contributed by atoms with Gasteiger partial charge in [-0.15, -0.1) is 0 Å². The lowest BCUT2D eigenvalue weighted by Gasteiger charge is -2.19. The highest BCUT2D eigenvalue weighted by molar-refractivity contribution is 9.10. The minimum Gasteiger partial charge on any atom is -0.357 e. The van der Waals surface area contributed by atoms with E-state index in [9.17, 15) is 0 Å². The Labute approximate surface area is 104 Å². The van der Waals surface area contributed by atoms with E-state index in [2.05, 4.69) is 57.9 Å². The van der Waals surface area contributed by atoms with E-state index in [-0.39, 0.29) is 0 Å². The molecule has 0 fully saturated rings. The van der Waals surface area contributed by atoms with Gasteiger partial charge in [-0.1, -0.05) is 15.9 Å². The fourth-order valence-corrected chi connectivity index (χ4v) is 2.19. The summed E-state index contributed by atoms with van der Waals surface area (Å²) in [5, 5.41) is 1.17. The van der Waals surface area contributed by atoms with Crippen molar-refractivity contribution in [2.45, 2.75) is 13.8 Å². The summed E-state index contributed by atoms with van der Waals surface area (Å²) >= 11 is 3.47. The van der Waals surface area contributed by atoms with Gasteiger partial charge >= 0.3 is 0 Å². The van der Waals surface area contributed by atoms with Crippen LogP contribution in [0, 0.1) is 0 Å². The SMILES string of the molecule is CCN(CC)c1ccc2cc(Br)ccc2n1. The monoisotopic (exact) mass is 278 g/mol. The van der Waals surface area contributed by atoms with Crippen molar-refractivity contribution < 1.29 is 0 Å². The number of aromatic nitrogens is 1. The van der Waals surface area contributed by atoms with Gasteiger partial charge in [0.2, 0.25) is 0 Å². The van der Waals surface area contributed by atoms with E-state index in [4.69, 9.17) is 0 Å². The van der Waals surface area contributed by atoms with Gasteiger partial charge in [0.25, 0.3) is 0 Å². The van der Waals surface area contributed by atoms with E-state index >= 15 is 0 Å². The first-order chi connectivity index (χ1) is 7.74. The van der Waals surface area contributed by atoms with E-state index in [1.54, 1.807) is 0 Å². The van der Waals surface area contributed by atoms with Crippen molar-refractivity contribution in [3.8, 4) is 0 Å². The van der Waals surface area contributed by atoms with Gasteiger partial charge in [-0.3, -0.25) is 0 Å². The number of halogens is 1. The van der Waals surface area contributed by atoms with Crippen molar-refractivity contribution in [3.05, 3.63) is 34.8 Å². The quantitative estimate of drug-likeness (QED) is 0.848. The number of hydrogen-bond acceptors (Lipinski definition) is 2. The van der Waals surface area contributed by atoms with Crippen molar-refractivity contribution >= 4 is 32.7 Å². The van der Waals surface area contributed by atoms with Gasteiger partial charge < -0.3 is 4.90 Å². The molecule has 2 rings (SSSR count). The first-order valence-electron chi connectivity index (χ1n) is 5.56. The largest absolute Gasteiger partial charge is 0.357 e. The molecule has 0 radical (unpaired) electrons. The van der Waals surface area contributed by atoms with Gasteiger partial charge in [0.1, 0.15) is 5.82 Å². The van der Waals surface area contributed by atoms with Crippen LogP contribution in [0.3, 0.4) is 0 Å². The fourth-order valence-electron chi connectivity index (χ4n) is 1.81. The predicted octanol–water partition coefficient (Wildman–Crippen LogP) is 3.84. The van der Waals surface area contributed by atoms with Crippen LogP contribution in [0.2, 0.25) is 0 Å². The molecule has 0 amide bonds. The predicted molar refractivity (Wildman–Crippen MR) is 73.0 cm³/mol. The average molecular weight is 279 g/mol. The molecule has 1 aromatic carbocycles. The van der Waals surface area contributed by atoms with Crippen LogP contribution >= 0.6 is 15.9 Å². The van der Waals surface area contributed by atoms with E-state index in [0.29, 0.717) is 0 Å². The lowest BCUT2D eigenvalue weighted by molar-refractivity contribution is 0.850. The van der Waals surface area contributed by atoms with Crippen LogP contribution in [0.1, 0.15) is 13.8 Å². The molecule has 0 aliphatic carbocycles. The second-order valence-corrected chi connectivity index (χ2v) is 4.59. The van der Waals surface area contributed by atoms with Gasteiger partial charge in [0, 0.05) is 22.9 Å². The van der Waals surface area contributed by atoms with Gasteiger partial charge in [0.05, 0.1) is 5.52 Å². The molecule has 2 nitrogen and oxygen atoms in total. The summed E-state index contributed by atoms with van der Waals surface area (Å²) in [6.07, 6.45) is 0. The molecular weight excluding hydrogens is 264 g/mol. The maximum Gasteiger partial charge on any atom is 0.129 e. The molecule has 2 aromatic rings. The van der Waals surface area contributed by atoms with E-state index in [0.717, 1.165) is 28.9 Å². The first-order valence-corrected chi connectivity index (χ1v) is 6.35. The molecule has 0 aliphatic rings. The lowest BCUT2D eigenvalue weighted by atomic mass is 10.2. The van der Waals surface area contributed by atoms with Crippen LogP contribution in [-0.4, -0.2) is 18.1 Å². The average Bonchev–Trinajstić information content (AvgIpc) is 2.31. The zero-order valence-corrected chi connectivity index (χ0v) is 11.2. The minimum atomic E-state index is 0.992. The van der Waals surface area contributed by atoms with Crippen molar-refractivity contribution in [2.24, 2.45) is 0 Å². The molecular formula is C13H15BrN2. The van der Waals surface area contributed by atoms with Crippen LogP contribution in [0.15, 0.2) is 34.8 Å². The third-order valence-electron chi connectivity index (χ3n) is 2.72. The molecule has 0 atom stereocenters. The number of rotatable bonds is 3. The fraction of sp³-hybridized carbons (Fsp3) is 0.308. The Kier molecular flexibility index (Phi) is 3.44. The molecule has 0 unspecified atom stereocenters. The number of nitrogens with zero attached hydrogens (tertiary/aromatic N) is 2. The number of hydrogen-bond donors (Lipinski definition) is 0. The van der Waals surface area contributed by atoms with Gasteiger partial charge in [-0.25, -0.2) is 4.98 Å². The smallest absolute Gasteiger partial charge is 0.129 e. The molecule has 0 N–H and O–H groups in total. The highest BCUT2D eigenvalue weighted by atomic mass is 79.9. The third kappa shape index (κ3) is 2.19. The van der Waals surface area contributed by atoms with E-state index in [1.807, 2.05) is 12.1 Å². The Morgan fingerprint density at radius 1 is 1.12 bits per heavy atom. The summed E-state index contributed by atoms with van der Waals surface area (Å²) in [5.41, 5.74) is 1.05.